The lowest BCUT2D eigenvalue weighted by atomic mass is 9.90. The first-order valence-corrected chi connectivity index (χ1v) is 13.2. The van der Waals surface area contributed by atoms with Gasteiger partial charge in [0.1, 0.15) is 11.8 Å². The summed E-state index contributed by atoms with van der Waals surface area (Å²) in [5, 5.41) is 1.82. The van der Waals surface area contributed by atoms with Gasteiger partial charge in [0.25, 0.3) is 5.56 Å². The third-order valence-corrected chi connectivity index (χ3v) is 7.64. The quantitative estimate of drug-likeness (QED) is 0.327. The van der Waals surface area contributed by atoms with Crippen molar-refractivity contribution in [3.63, 3.8) is 0 Å². The topological polar surface area (TPSA) is 88.4 Å². The Morgan fingerprint density at radius 1 is 1.00 bits per heavy atom. The van der Waals surface area contributed by atoms with E-state index in [2.05, 4.69) is 4.99 Å². The fraction of sp³-hybridized carbons (Fsp3) is 0.233. The monoisotopic (exact) mass is 544 g/mol. The predicted octanol–water partition coefficient (Wildman–Crippen LogP) is 3.98. The molecule has 2 heterocycles. The zero-order valence-electron chi connectivity index (χ0n) is 22.3. The van der Waals surface area contributed by atoms with Crippen molar-refractivity contribution >= 4 is 34.2 Å². The number of rotatable bonds is 7. The molecule has 9 heteroatoms. The van der Waals surface area contributed by atoms with Gasteiger partial charge >= 0.3 is 5.97 Å². The van der Waals surface area contributed by atoms with Gasteiger partial charge in [-0.1, -0.05) is 53.8 Å². The van der Waals surface area contributed by atoms with Crippen LogP contribution in [0.4, 0.5) is 0 Å². The summed E-state index contributed by atoms with van der Waals surface area (Å²) in [4.78, 5) is 32.6. The zero-order chi connectivity index (χ0) is 27.7. The Hall–Kier alpha value is -4.37. The molecule has 1 aliphatic heterocycles. The van der Waals surface area contributed by atoms with Crippen molar-refractivity contribution in [1.82, 2.24) is 4.57 Å². The first-order chi connectivity index (χ1) is 18.9. The summed E-state index contributed by atoms with van der Waals surface area (Å²) in [5.74, 6) is 1.10. The van der Waals surface area contributed by atoms with Gasteiger partial charge in [0.15, 0.2) is 16.3 Å². The number of nitrogens with zero attached hydrogens (tertiary/aromatic N) is 2. The molecule has 5 rings (SSSR count). The van der Waals surface area contributed by atoms with E-state index < -0.39 is 12.0 Å². The fourth-order valence-corrected chi connectivity index (χ4v) is 6.00. The van der Waals surface area contributed by atoms with Crippen molar-refractivity contribution in [2.75, 3.05) is 27.9 Å². The molecule has 3 aromatic carbocycles. The van der Waals surface area contributed by atoms with E-state index in [0.29, 0.717) is 49.0 Å². The molecule has 1 aromatic heterocycles. The highest BCUT2D eigenvalue weighted by Crippen LogP contribution is 2.40. The molecule has 1 aliphatic rings. The van der Waals surface area contributed by atoms with Crippen molar-refractivity contribution < 1.29 is 23.7 Å². The smallest absolute Gasteiger partial charge is 0.338 e. The van der Waals surface area contributed by atoms with Gasteiger partial charge in [-0.05, 0) is 42.8 Å². The fourth-order valence-electron chi connectivity index (χ4n) is 4.97. The number of esters is 1. The summed E-state index contributed by atoms with van der Waals surface area (Å²) < 4.78 is 24.2. The Bertz CT molecular complexity index is 1800. The first kappa shape index (κ1) is 26.2. The van der Waals surface area contributed by atoms with E-state index in [1.807, 2.05) is 48.5 Å². The first-order valence-electron chi connectivity index (χ1n) is 12.4. The second-order valence-electron chi connectivity index (χ2n) is 8.79. The van der Waals surface area contributed by atoms with E-state index in [1.165, 1.54) is 11.3 Å². The van der Waals surface area contributed by atoms with Crippen LogP contribution in [-0.2, 0) is 9.53 Å². The van der Waals surface area contributed by atoms with Crippen LogP contribution in [0, 0.1) is 0 Å². The largest absolute Gasteiger partial charge is 0.496 e. The van der Waals surface area contributed by atoms with Gasteiger partial charge in [0.2, 0.25) is 0 Å². The number of aromatic nitrogens is 1. The Labute approximate surface area is 229 Å². The lowest BCUT2D eigenvalue weighted by Gasteiger charge is -2.27. The van der Waals surface area contributed by atoms with E-state index in [9.17, 15) is 9.59 Å². The van der Waals surface area contributed by atoms with Crippen LogP contribution in [0.5, 0.6) is 17.2 Å². The normalized spacial score (nSPS) is 15.1. The number of benzene rings is 3. The van der Waals surface area contributed by atoms with E-state index in [4.69, 9.17) is 18.9 Å². The molecule has 0 saturated carbocycles. The molecule has 1 atom stereocenters. The van der Waals surface area contributed by atoms with E-state index in [1.54, 1.807) is 51.9 Å². The maximum absolute atomic E-state index is 14.1. The Morgan fingerprint density at radius 2 is 1.77 bits per heavy atom. The number of methoxy groups -OCH3 is 3. The minimum atomic E-state index is -0.810. The number of hydrogen-bond acceptors (Lipinski definition) is 8. The molecule has 4 aromatic rings. The summed E-state index contributed by atoms with van der Waals surface area (Å²) >= 11 is 1.24. The number of ether oxygens (including phenoxy) is 4. The van der Waals surface area contributed by atoms with Gasteiger partial charge in [-0.25, -0.2) is 9.79 Å². The molecule has 0 bridgehead atoms. The van der Waals surface area contributed by atoms with E-state index in [0.717, 1.165) is 10.8 Å². The van der Waals surface area contributed by atoms with Crippen LogP contribution < -0.4 is 29.1 Å². The van der Waals surface area contributed by atoms with Crippen LogP contribution in [0.1, 0.15) is 31.0 Å². The Morgan fingerprint density at radius 3 is 2.49 bits per heavy atom. The zero-order valence-corrected chi connectivity index (χ0v) is 23.1. The molecule has 0 saturated heterocycles. The lowest BCUT2D eigenvalue weighted by molar-refractivity contribution is -0.139. The number of carbonyl (C=O) groups is 1. The summed E-state index contributed by atoms with van der Waals surface area (Å²) in [5.41, 5.74) is 1.87. The van der Waals surface area contributed by atoms with Crippen LogP contribution in [-0.4, -0.2) is 38.5 Å². The van der Waals surface area contributed by atoms with Crippen LogP contribution in [0.3, 0.4) is 0 Å². The molecule has 0 N–H and O–H groups in total. The molecule has 0 spiro atoms. The van der Waals surface area contributed by atoms with E-state index in [-0.39, 0.29) is 12.2 Å². The van der Waals surface area contributed by atoms with Crippen molar-refractivity contribution in [2.24, 2.45) is 4.99 Å². The number of carbonyl (C=O) groups excluding carboxylic acids is 1. The number of para-hydroxylation sites is 1. The number of hydrogen-bond donors (Lipinski definition) is 0. The maximum atomic E-state index is 14.1. The van der Waals surface area contributed by atoms with Crippen molar-refractivity contribution in [1.29, 1.82) is 0 Å². The van der Waals surface area contributed by atoms with Gasteiger partial charge in [-0.15, -0.1) is 0 Å². The summed E-state index contributed by atoms with van der Waals surface area (Å²) in [6.07, 6.45) is 1.76. The van der Waals surface area contributed by atoms with E-state index >= 15 is 0 Å². The van der Waals surface area contributed by atoms with Gasteiger partial charge in [-0.3, -0.25) is 9.36 Å². The number of allylic oxidation sites excluding steroid dienone is 1. The molecule has 0 radical (unpaired) electrons. The minimum Gasteiger partial charge on any atom is -0.496 e. The molecule has 0 amide bonds. The van der Waals surface area contributed by atoms with Crippen LogP contribution in [0.15, 0.2) is 75.7 Å². The standard InChI is InChI=1S/C30H28N2O6S/c1-6-38-29(34)24-17(2)31-30-32(26(24)25-20-12-8-7-10-18(20)14-15-21(25)35-3)28(33)23(39-30)16-19-11-9-13-22(36-4)27(19)37-5/h7-16,26H,6H2,1-5H3/b23-16-/t26-/m0/s1. The predicted molar refractivity (Wildman–Crippen MR) is 150 cm³/mol. The molecule has 0 aliphatic carbocycles. The molecular formula is C30H28N2O6S. The van der Waals surface area contributed by atoms with Crippen LogP contribution >= 0.6 is 11.3 Å². The summed E-state index contributed by atoms with van der Waals surface area (Å²) in [6, 6.07) is 16.3. The highest BCUT2D eigenvalue weighted by Gasteiger charge is 2.36. The maximum Gasteiger partial charge on any atom is 0.338 e. The second-order valence-corrected chi connectivity index (χ2v) is 9.80. The third-order valence-electron chi connectivity index (χ3n) is 6.66. The Kier molecular flexibility index (Phi) is 7.26. The van der Waals surface area contributed by atoms with Crippen molar-refractivity contribution in [2.45, 2.75) is 19.9 Å². The average Bonchev–Trinajstić information content (AvgIpc) is 3.25. The molecule has 8 nitrogen and oxygen atoms in total. The van der Waals surface area contributed by atoms with Gasteiger partial charge in [0, 0.05) is 11.1 Å². The highest BCUT2D eigenvalue weighted by molar-refractivity contribution is 7.07. The number of thiazole rings is 1. The van der Waals surface area contributed by atoms with Gasteiger partial charge < -0.3 is 18.9 Å². The van der Waals surface area contributed by atoms with Crippen molar-refractivity contribution in [3.05, 3.63) is 96.7 Å². The molecule has 200 valence electrons. The average molecular weight is 545 g/mol. The molecule has 39 heavy (non-hydrogen) atoms. The minimum absolute atomic E-state index is 0.190. The van der Waals surface area contributed by atoms with Gasteiger partial charge in [0.05, 0.1) is 43.7 Å². The molecule has 0 fully saturated rings. The third kappa shape index (κ3) is 4.48. The van der Waals surface area contributed by atoms with Crippen LogP contribution in [0.2, 0.25) is 0 Å². The second kappa shape index (κ2) is 10.8. The lowest BCUT2D eigenvalue weighted by Crippen LogP contribution is -2.40. The summed E-state index contributed by atoms with van der Waals surface area (Å²) in [6.45, 7) is 3.70. The van der Waals surface area contributed by atoms with Crippen molar-refractivity contribution in [3.8, 4) is 17.2 Å². The van der Waals surface area contributed by atoms with Gasteiger partial charge in [-0.2, -0.15) is 0 Å². The SMILES string of the molecule is CCOC(=O)C1=C(C)N=c2s/c(=C\c3cccc(OC)c3OC)c(=O)n2[C@@H]1c1c(OC)ccc2ccccc12. The molecular weight excluding hydrogens is 516 g/mol. The number of fused-ring (bicyclic) bond motifs is 2. The summed E-state index contributed by atoms with van der Waals surface area (Å²) in [7, 11) is 4.69. The Balaban J connectivity index is 1.85. The molecule has 0 unspecified atom stereocenters. The van der Waals surface area contributed by atoms with Crippen LogP contribution in [0.25, 0.3) is 16.8 Å². The highest BCUT2D eigenvalue weighted by atomic mass is 32.1.